The van der Waals surface area contributed by atoms with Gasteiger partial charge in [-0.1, -0.05) is 6.07 Å². The Morgan fingerprint density at radius 2 is 1.81 bits per heavy atom. The Morgan fingerprint density at radius 3 is 2.48 bits per heavy atom. The van der Waals surface area contributed by atoms with Gasteiger partial charge in [0.1, 0.15) is 5.69 Å². The molecule has 1 aromatic carbocycles. The lowest BCUT2D eigenvalue weighted by Crippen LogP contribution is -2.26. The molecule has 0 bridgehead atoms. The van der Waals surface area contributed by atoms with Gasteiger partial charge in [0.15, 0.2) is 0 Å². The molecule has 1 aliphatic rings. The third-order valence-corrected chi connectivity index (χ3v) is 3.42. The van der Waals surface area contributed by atoms with Crippen LogP contribution >= 0.6 is 0 Å². The summed E-state index contributed by atoms with van der Waals surface area (Å²) in [4.78, 5) is 16.2. The highest BCUT2D eigenvalue weighted by Gasteiger charge is 2.24. The van der Waals surface area contributed by atoms with E-state index < -0.39 is 0 Å². The van der Waals surface area contributed by atoms with Crippen LogP contribution in [-0.4, -0.2) is 16.9 Å². The fraction of sp³-hybridized carbons (Fsp3) is 0.294. The Balaban J connectivity index is 1.77. The van der Waals surface area contributed by atoms with Crippen molar-refractivity contribution in [1.29, 1.82) is 0 Å². The van der Waals surface area contributed by atoms with E-state index in [1.54, 1.807) is 12.3 Å². The van der Waals surface area contributed by atoms with Crippen molar-refractivity contribution < 1.29 is 4.79 Å². The van der Waals surface area contributed by atoms with Crippen LogP contribution in [0.1, 0.15) is 34.5 Å². The molecule has 2 aromatic rings. The SMILES string of the molecule is Cc1cc(C)cc(Nc2ccnc(C(=O)NC3CC3)c2)c1. The van der Waals surface area contributed by atoms with Crippen LogP contribution in [0, 0.1) is 13.8 Å². The van der Waals surface area contributed by atoms with Crippen molar-refractivity contribution in [2.24, 2.45) is 0 Å². The molecule has 1 aliphatic carbocycles. The maximum absolute atomic E-state index is 12.0. The second-order valence-corrected chi connectivity index (χ2v) is 5.68. The van der Waals surface area contributed by atoms with Gasteiger partial charge in [0.2, 0.25) is 0 Å². The Labute approximate surface area is 124 Å². The molecule has 21 heavy (non-hydrogen) atoms. The summed E-state index contributed by atoms with van der Waals surface area (Å²) in [6.45, 7) is 4.14. The standard InChI is InChI=1S/C17H19N3O/c1-11-7-12(2)9-15(8-11)19-14-5-6-18-16(10-14)17(21)20-13-3-4-13/h5-10,13H,3-4H2,1-2H3,(H,18,19)(H,20,21). The molecule has 108 valence electrons. The molecule has 4 heteroatoms. The van der Waals surface area contributed by atoms with E-state index in [2.05, 4.69) is 47.7 Å². The molecule has 3 rings (SSSR count). The Bertz CT molecular complexity index is 657. The molecule has 0 radical (unpaired) electrons. The van der Waals surface area contributed by atoms with Crippen LogP contribution in [0.4, 0.5) is 11.4 Å². The van der Waals surface area contributed by atoms with Crippen molar-refractivity contribution in [3.63, 3.8) is 0 Å². The Kier molecular flexibility index (Phi) is 3.60. The van der Waals surface area contributed by atoms with Crippen LogP contribution < -0.4 is 10.6 Å². The molecule has 1 saturated carbocycles. The van der Waals surface area contributed by atoms with E-state index in [0.29, 0.717) is 11.7 Å². The molecule has 2 N–H and O–H groups in total. The number of hydrogen-bond donors (Lipinski definition) is 2. The van der Waals surface area contributed by atoms with E-state index in [-0.39, 0.29) is 5.91 Å². The van der Waals surface area contributed by atoms with Crippen molar-refractivity contribution >= 4 is 17.3 Å². The van der Waals surface area contributed by atoms with Crippen molar-refractivity contribution in [3.05, 3.63) is 53.3 Å². The Morgan fingerprint density at radius 1 is 1.10 bits per heavy atom. The molecular formula is C17H19N3O. The summed E-state index contributed by atoms with van der Waals surface area (Å²) >= 11 is 0. The molecule has 0 unspecified atom stereocenters. The minimum atomic E-state index is -0.0958. The molecular weight excluding hydrogens is 262 g/mol. The summed E-state index contributed by atoms with van der Waals surface area (Å²) in [5.41, 5.74) is 4.76. The smallest absolute Gasteiger partial charge is 0.270 e. The summed E-state index contributed by atoms with van der Waals surface area (Å²) in [5.74, 6) is -0.0958. The van der Waals surface area contributed by atoms with Crippen molar-refractivity contribution in [2.75, 3.05) is 5.32 Å². The van der Waals surface area contributed by atoms with Gasteiger partial charge in [-0.15, -0.1) is 0 Å². The van der Waals surface area contributed by atoms with Gasteiger partial charge in [-0.2, -0.15) is 0 Å². The molecule has 0 spiro atoms. The van der Waals surface area contributed by atoms with Gasteiger partial charge in [0.25, 0.3) is 5.91 Å². The first-order valence-electron chi connectivity index (χ1n) is 7.22. The molecule has 4 nitrogen and oxygen atoms in total. The molecule has 1 aromatic heterocycles. The number of pyridine rings is 1. The quantitative estimate of drug-likeness (QED) is 0.903. The van der Waals surface area contributed by atoms with Crippen LogP contribution in [0.5, 0.6) is 0 Å². The number of benzene rings is 1. The zero-order valence-corrected chi connectivity index (χ0v) is 12.3. The number of carbonyl (C=O) groups excluding carboxylic acids is 1. The van der Waals surface area contributed by atoms with Crippen LogP contribution in [-0.2, 0) is 0 Å². The van der Waals surface area contributed by atoms with Gasteiger partial charge < -0.3 is 10.6 Å². The summed E-state index contributed by atoms with van der Waals surface area (Å²) in [6.07, 6.45) is 3.81. The number of aryl methyl sites for hydroxylation is 2. The van der Waals surface area contributed by atoms with Crippen LogP contribution in [0.25, 0.3) is 0 Å². The normalized spacial score (nSPS) is 13.8. The summed E-state index contributed by atoms with van der Waals surface area (Å²) in [7, 11) is 0. The van der Waals surface area contributed by atoms with Crippen LogP contribution in [0.15, 0.2) is 36.5 Å². The van der Waals surface area contributed by atoms with E-state index in [0.717, 1.165) is 24.2 Å². The van der Waals surface area contributed by atoms with Crippen molar-refractivity contribution in [2.45, 2.75) is 32.7 Å². The van der Waals surface area contributed by atoms with Gasteiger partial charge in [-0.3, -0.25) is 9.78 Å². The molecule has 0 atom stereocenters. The third kappa shape index (κ3) is 3.60. The van der Waals surface area contributed by atoms with Crippen molar-refractivity contribution in [1.82, 2.24) is 10.3 Å². The predicted molar refractivity (Wildman–Crippen MR) is 83.9 cm³/mol. The average Bonchev–Trinajstić information content (AvgIpc) is 3.21. The fourth-order valence-electron chi connectivity index (χ4n) is 2.33. The highest BCUT2D eigenvalue weighted by atomic mass is 16.2. The molecule has 1 fully saturated rings. The lowest BCUT2D eigenvalue weighted by atomic mass is 10.1. The zero-order valence-electron chi connectivity index (χ0n) is 12.3. The van der Waals surface area contributed by atoms with Crippen LogP contribution in [0.2, 0.25) is 0 Å². The topological polar surface area (TPSA) is 54.0 Å². The lowest BCUT2D eigenvalue weighted by Gasteiger charge is -2.10. The molecule has 0 aliphatic heterocycles. The van der Waals surface area contributed by atoms with Crippen molar-refractivity contribution in [3.8, 4) is 0 Å². The number of anilines is 2. The summed E-state index contributed by atoms with van der Waals surface area (Å²) in [5, 5.41) is 6.28. The maximum atomic E-state index is 12.0. The van der Waals surface area contributed by atoms with Gasteiger partial charge in [0.05, 0.1) is 0 Å². The van der Waals surface area contributed by atoms with E-state index in [4.69, 9.17) is 0 Å². The van der Waals surface area contributed by atoms with E-state index in [1.807, 2.05) is 6.07 Å². The van der Waals surface area contributed by atoms with E-state index >= 15 is 0 Å². The molecule has 1 heterocycles. The largest absolute Gasteiger partial charge is 0.355 e. The number of nitrogens with one attached hydrogen (secondary N) is 2. The Hall–Kier alpha value is -2.36. The van der Waals surface area contributed by atoms with Gasteiger partial charge in [-0.05, 0) is 62.1 Å². The summed E-state index contributed by atoms with van der Waals surface area (Å²) < 4.78 is 0. The highest BCUT2D eigenvalue weighted by Crippen LogP contribution is 2.21. The minimum absolute atomic E-state index is 0.0958. The predicted octanol–water partition coefficient (Wildman–Crippen LogP) is 3.33. The average molecular weight is 281 g/mol. The number of carbonyl (C=O) groups is 1. The van der Waals surface area contributed by atoms with Gasteiger partial charge in [-0.25, -0.2) is 0 Å². The first kappa shape index (κ1) is 13.6. The van der Waals surface area contributed by atoms with Crippen LogP contribution in [0.3, 0.4) is 0 Å². The first-order valence-corrected chi connectivity index (χ1v) is 7.22. The van der Waals surface area contributed by atoms with E-state index in [1.165, 1.54) is 11.1 Å². The number of aromatic nitrogens is 1. The fourth-order valence-corrected chi connectivity index (χ4v) is 2.33. The lowest BCUT2D eigenvalue weighted by molar-refractivity contribution is 0.0946. The third-order valence-electron chi connectivity index (χ3n) is 3.42. The highest BCUT2D eigenvalue weighted by molar-refractivity contribution is 5.93. The molecule has 0 saturated heterocycles. The minimum Gasteiger partial charge on any atom is -0.355 e. The zero-order chi connectivity index (χ0) is 14.8. The maximum Gasteiger partial charge on any atom is 0.270 e. The number of rotatable bonds is 4. The number of hydrogen-bond acceptors (Lipinski definition) is 3. The van der Waals surface area contributed by atoms with Gasteiger partial charge in [0, 0.05) is 23.6 Å². The first-order chi connectivity index (χ1) is 10.1. The van der Waals surface area contributed by atoms with E-state index in [9.17, 15) is 4.79 Å². The summed E-state index contributed by atoms with van der Waals surface area (Å²) in [6, 6.07) is 10.3. The molecule has 1 amide bonds. The van der Waals surface area contributed by atoms with Gasteiger partial charge >= 0.3 is 0 Å². The number of amides is 1. The monoisotopic (exact) mass is 281 g/mol. The second kappa shape index (κ2) is 5.56. The number of nitrogens with zero attached hydrogens (tertiary/aromatic N) is 1. The second-order valence-electron chi connectivity index (χ2n) is 5.68.